The minimum atomic E-state index is -0.361. The van der Waals surface area contributed by atoms with Crippen molar-refractivity contribution in [3.8, 4) is 0 Å². The number of hydrogen-bond donors (Lipinski definition) is 1. The highest BCUT2D eigenvalue weighted by atomic mass is 35.5. The van der Waals surface area contributed by atoms with Gasteiger partial charge in [0.15, 0.2) is 0 Å². The van der Waals surface area contributed by atoms with Crippen LogP contribution >= 0.6 is 35.3 Å². The van der Waals surface area contributed by atoms with Crippen molar-refractivity contribution in [3.63, 3.8) is 0 Å². The van der Waals surface area contributed by atoms with E-state index in [1.165, 1.54) is 18.4 Å². The molecule has 1 aromatic rings. The fourth-order valence-corrected chi connectivity index (χ4v) is 2.13. The molecule has 0 aromatic carbocycles. The van der Waals surface area contributed by atoms with Crippen LogP contribution in [0.5, 0.6) is 0 Å². The van der Waals surface area contributed by atoms with E-state index in [2.05, 4.69) is 4.74 Å². The van der Waals surface area contributed by atoms with Gasteiger partial charge in [-0.25, -0.2) is 0 Å². The van der Waals surface area contributed by atoms with Gasteiger partial charge in [0.05, 0.1) is 24.6 Å². The zero-order valence-electron chi connectivity index (χ0n) is 7.53. The molecule has 6 heteroatoms. The van der Waals surface area contributed by atoms with E-state index in [-0.39, 0.29) is 30.8 Å². The van der Waals surface area contributed by atoms with Gasteiger partial charge in [0.1, 0.15) is 0 Å². The van der Waals surface area contributed by atoms with Gasteiger partial charge in [-0.3, -0.25) is 4.79 Å². The zero-order chi connectivity index (χ0) is 9.84. The molecule has 2 N–H and O–H groups in total. The summed E-state index contributed by atoms with van der Waals surface area (Å²) in [7, 11) is 1.34. The highest BCUT2D eigenvalue weighted by molar-refractivity contribution is 7.10. The van der Waals surface area contributed by atoms with Crippen molar-refractivity contribution in [1.82, 2.24) is 0 Å². The van der Waals surface area contributed by atoms with E-state index >= 15 is 0 Å². The summed E-state index contributed by atoms with van der Waals surface area (Å²) in [4.78, 5) is 11.7. The fraction of sp³-hybridized carbons (Fsp3) is 0.375. The SMILES string of the molecule is COC(=O)C[C@H](N)c1sccc1Cl.Cl. The molecule has 1 heterocycles. The summed E-state index contributed by atoms with van der Waals surface area (Å²) < 4.78 is 4.50. The molecular weight excluding hydrogens is 245 g/mol. The van der Waals surface area contributed by atoms with E-state index < -0.39 is 0 Å². The van der Waals surface area contributed by atoms with E-state index in [1.807, 2.05) is 5.38 Å². The topological polar surface area (TPSA) is 52.3 Å². The van der Waals surface area contributed by atoms with Crippen LogP contribution in [-0.4, -0.2) is 13.1 Å². The van der Waals surface area contributed by atoms with Crippen LogP contribution in [0.15, 0.2) is 11.4 Å². The Morgan fingerprint density at radius 1 is 1.79 bits per heavy atom. The van der Waals surface area contributed by atoms with E-state index in [9.17, 15) is 4.79 Å². The number of hydrogen-bond acceptors (Lipinski definition) is 4. The summed E-state index contributed by atoms with van der Waals surface area (Å²) in [6, 6.07) is 1.40. The van der Waals surface area contributed by atoms with Crippen molar-refractivity contribution in [2.45, 2.75) is 12.5 Å². The van der Waals surface area contributed by atoms with E-state index in [4.69, 9.17) is 17.3 Å². The first-order valence-electron chi connectivity index (χ1n) is 3.70. The zero-order valence-corrected chi connectivity index (χ0v) is 9.92. The monoisotopic (exact) mass is 255 g/mol. The number of thiophene rings is 1. The molecule has 1 aromatic heterocycles. The van der Waals surface area contributed by atoms with E-state index in [0.29, 0.717) is 5.02 Å². The van der Waals surface area contributed by atoms with Gasteiger partial charge < -0.3 is 10.5 Å². The van der Waals surface area contributed by atoms with Gasteiger partial charge in [0, 0.05) is 4.88 Å². The van der Waals surface area contributed by atoms with E-state index in [0.717, 1.165) is 4.88 Å². The van der Waals surface area contributed by atoms with Crippen LogP contribution < -0.4 is 5.73 Å². The number of methoxy groups -OCH3 is 1. The van der Waals surface area contributed by atoms with Gasteiger partial charge in [0.25, 0.3) is 0 Å². The van der Waals surface area contributed by atoms with Crippen LogP contribution in [0.3, 0.4) is 0 Å². The number of nitrogens with two attached hydrogens (primary N) is 1. The van der Waals surface area contributed by atoms with Crippen molar-refractivity contribution in [2.24, 2.45) is 5.73 Å². The van der Waals surface area contributed by atoms with Crippen LogP contribution in [0.2, 0.25) is 5.02 Å². The molecule has 14 heavy (non-hydrogen) atoms. The fourth-order valence-electron chi connectivity index (χ4n) is 0.926. The Balaban J connectivity index is 0.00000169. The highest BCUT2D eigenvalue weighted by Gasteiger charge is 2.15. The van der Waals surface area contributed by atoms with Crippen molar-refractivity contribution in [3.05, 3.63) is 21.3 Å². The predicted octanol–water partition coefficient (Wildman–Crippen LogP) is 2.39. The first-order chi connectivity index (χ1) is 6.15. The van der Waals surface area contributed by atoms with Crippen LogP contribution in [0, 0.1) is 0 Å². The second-order valence-electron chi connectivity index (χ2n) is 2.52. The third-order valence-corrected chi connectivity index (χ3v) is 3.09. The molecule has 0 radical (unpaired) electrons. The molecule has 3 nitrogen and oxygen atoms in total. The minimum absolute atomic E-state index is 0. The maximum atomic E-state index is 10.9. The van der Waals surface area contributed by atoms with Crippen molar-refractivity contribution in [2.75, 3.05) is 7.11 Å². The molecule has 1 rings (SSSR count). The lowest BCUT2D eigenvalue weighted by Crippen LogP contribution is -2.15. The summed E-state index contributed by atoms with van der Waals surface area (Å²) in [6.45, 7) is 0. The summed E-state index contributed by atoms with van der Waals surface area (Å²) >= 11 is 7.28. The quantitative estimate of drug-likeness (QED) is 0.845. The Morgan fingerprint density at radius 3 is 2.86 bits per heavy atom. The molecule has 0 spiro atoms. The number of carbonyl (C=O) groups is 1. The van der Waals surface area contributed by atoms with Gasteiger partial charge in [-0.1, -0.05) is 11.6 Å². The normalized spacial score (nSPS) is 11.6. The van der Waals surface area contributed by atoms with Gasteiger partial charge >= 0.3 is 5.97 Å². The third-order valence-electron chi connectivity index (χ3n) is 1.60. The van der Waals surface area contributed by atoms with Crippen molar-refractivity contribution >= 4 is 41.3 Å². The minimum Gasteiger partial charge on any atom is -0.469 e. The highest BCUT2D eigenvalue weighted by Crippen LogP contribution is 2.28. The van der Waals surface area contributed by atoms with Gasteiger partial charge in [-0.2, -0.15) is 0 Å². The molecule has 0 saturated heterocycles. The largest absolute Gasteiger partial charge is 0.469 e. The lowest BCUT2D eigenvalue weighted by Gasteiger charge is -2.07. The summed E-state index contributed by atoms with van der Waals surface area (Å²) in [5.74, 6) is -0.322. The Kier molecular flexibility index (Phi) is 6.11. The van der Waals surface area contributed by atoms with Crippen LogP contribution in [0.25, 0.3) is 0 Å². The number of halogens is 2. The maximum Gasteiger partial charge on any atom is 0.307 e. The second kappa shape index (κ2) is 6.24. The third kappa shape index (κ3) is 3.46. The molecule has 80 valence electrons. The number of esters is 1. The van der Waals surface area contributed by atoms with E-state index in [1.54, 1.807) is 6.07 Å². The Morgan fingerprint density at radius 2 is 2.43 bits per heavy atom. The molecule has 0 saturated carbocycles. The Bertz CT molecular complexity index is 303. The summed E-state index contributed by atoms with van der Waals surface area (Å²) in [6.07, 6.45) is 0.163. The molecule has 0 amide bonds. The molecule has 0 bridgehead atoms. The number of rotatable bonds is 3. The molecule has 0 aliphatic heterocycles. The summed E-state index contributed by atoms with van der Waals surface area (Å²) in [5.41, 5.74) is 5.74. The average Bonchev–Trinajstić information content (AvgIpc) is 2.51. The van der Waals surface area contributed by atoms with Crippen LogP contribution in [0.1, 0.15) is 17.3 Å². The lowest BCUT2D eigenvalue weighted by atomic mass is 10.2. The standard InChI is InChI=1S/C8H10ClNO2S.ClH/c1-12-7(11)4-6(10)8-5(9)2-3-13-8;/h2-3,6H,4,10H2,1H3;1H/t6-;/m0./s1. The van der Waals surface area contributed by atoms with Crippen molar-refractivity contribution < 1.29 is 9.53 Å². The summed E-state index contributed by atoms with van der Waals surface area (Å²) in [5, 5.41) is 2.45. The molecule has 0 fully saturated rings. The molecule has 0 aliphatic carbocycles. The smallest absolute Gasteiger partial charge is 0.307 e. The second-order valence-corrected chi connectivity index (χ2v) is 3.87. The van der Waals surface area contributed by atoms with Gasteiger partial charge in [-0.15, -0.1) is 23.7 Å². The Labute approximate surface area is 97.6 Å². The van der Waals surface area contributed by atoms with Gasteiger partial charge in [0.2, 0.25) is 0 Å². The predicted molar refractivity (Wildman–Crippen MR) is 60.1 cm³/mol. The number of carbonyl (C=O) groups excluding carboxylic acids is 1. The van der Waals surface area contributed by atoms with Crippen LogP contribution in [0.4, 0.5) is 0 Å². The number of ether oxygens (including phenoxy) is 1. The molecule has 0 unspecified atom stereocenters. The Hall–Kier alpha value is -0.290. The van der Waals surface area contributed by atoms with Crippen LogP contribution in [-0.2, 0) is 9.53 Å². The molecular formula is C8H11Cl2NO2S. The van der Waals surface area contributed by atoms with Crippen molar-refractivity contribution in [1.29, 1.82) is 0 Å². The first-order valence-corrected chi connectivity index (χ1v) is 4.96. The molecule has 0 aliphatic rings. The average molecular weight is 256 g/mol. The van der Waals surface area contributed by atoms with Gasteiger partial charge in [-0.05, 0) is 11.4 Å². The maximum absolute atomic E-state index is 10.9. The first kappa shape index (κ1) is 13.7. The molecule has 1 atom stereocenters. The lowest BCUT2D eigenvalue weighted by molar-refractivity contribution is -0.141.